The lowest BCUT2D eigenvalue weighted by Gasteiger charge is -2.21. The van der Waals surface area contributed by atoms with Gasteiger partial charge in [0.2, 0.25) is 0 Å². The molecule has 0 aliphatic rings. The first-order valence-corrected chi connectivity index (χ1v) is 5.34. The number of rotatable bonds is 4. The van der Waals surface area contributed by atoms with Gasteiger partial charge in [0.05, 0.1) is 18.0 Å². The van der Waals surface area contributed by atoms with Crippen LogP contribution >= 0.6 is 11.6 Å². The largest absolute Gasteiger partial charge is 0.380 e. The fourth-order valence-electron chi connectivity index (χ4n) is 1.22. The second-order valence-electron chi connectivity index (χ2n) is 3.71. The maximum Gasteiger partial charge on any atom is 0.132 e. The number of hydrogen-bond donors (Lipinski definition) is 1. The fourth-order valence-corrected chi connectivity index (χ4v) is 1.32. The number of anilines is 1. The minimum absolute atomic E-state index is 0.154. The van der Waals surface area contributed by atoms with E-state index in [1.54, 1.807) is 13.3 Å². The number of nitrogens with zero attached hydrogens (tertiary/aromatic N) is 1. The molecule has 2 unspecified atom stereocenters. The molecule has 2 atom stereocenters. The molecule has 1 N–H and O–H groups in total. The molecule has 0 aliphatic heterocycles. The average molecular weight is 229 g/mol. The van der Waals surface area contributed by atoms with Crippen LogP contribution in [0.4, 0.5) is 5.69 Å². The summed E-state index contributed by atoms with van der Waals surface area (Å²) in [6.45, 7) is 6.02. The Balaban J connectivity index is 2.68. The third-order valence-electron chi connectivity index (χ3n) is 2.48. The van der Waals surface area contributed by atoms with Crippen LogP contribution < -0.4 is 5.32 Å². The Morgan fingerprint density at radius 2 is 2.13 bits per heavy atom. The van der Waals surface area contributed by atoms with Crippen LogP contribution in [0.2, 0.25) is 5.15 Å². The van der Waals surface area contributed by atoms with Crippen molar-refractivity contribution in [1.82, 2.24) is 4.98 Å². The number of methoxy groups -OCH3 is 1. The van der Waals surface area contributed by atoms with E-state index >= 15 is 0 Å². The Labute approximate surface area is 95.8 Å². The first kappa shape index (κ1) is 12.3. The number of halogens is 1. The minimum atomic E-state index is 0.154. The normalized spacial score (nSPS) is 14.7. The monoisotopic (exact) mass is 228 g/mol. The zero-order valence-electron chi connectivity index (χ0n) is 9.54. The Hall–Kier alpha value is -0.800. The second kappa shape index (κ2) is 5.33. The molecule has 3 nitrogen and oxygen atoms in total. The Kier molecular flexibility index (Phi) is 4.36. The lowest BCUT2D eigenvalue weighted by molar-refractivity contribution is 0.106. The Morgan fingerprint density at radius 3 is 2.67 bits per heavy atom. The fraction of sp³-hybridized carbons (Fsp3) is 0.545. The quantitative estimate of drug-likeness (QED) is 0.805. The van der Waals surface area contributed by atoms with Gasteiger partial charge in [-0.3, -0.25) is 0 Å². The number of ether oxygens (including phenoxy) is 1. The first-order chi connectivity index (χ1) is 7.04. The lowest BCUT2D eigenvalue weighted by atomic mass is 10.2. The van der Waals surface area contributed by atoms with Gasteiger partial charge < -0.3 is 10.1 Å². The highest BCUT2D eigenvalue weighted by Gasteiger charge is 2.11. The molecule has 0 aromatic carbocycles. The summed E-state index contributed by atoms with van der Waals surface area (Å²) < 4.78 is 5.23. The minimum Gasteiger partial charge on any atom is -0.380 e. The molecule has 1 heterocycles. The maximum absolute atomic E-state index is 5.84. The summed E-state index contributed by atoms with van der Waals surface area (Å²) in [5.41, 5.74) is 1.94. The second-order valence-corrected chi connectivity index (χ2v) is 4.06. The molecule has 1 aromatic heterocycles. The van der Waals surface area contributed by atoms with E-state index in [2.05, 4.69) is 17.2 Å². The van der Waals surface area contributed by atoms with Crippen molar-refractivity contribution in [2.75, 3.05) is 12.4 Å². The van der Waals surface area contributed by atoms with Gasteiger partial charge in [-0.05, 0) is 32.4 Å². The van der Waals surface area contributed by atoms with Crippen LogP contribution in [-0.4, -0.2) is 24.2 Å². The predicted molar refractivity (Wildman–Crippen MR) is 63.5 cm³/mol. The van der Waals surface area contributed by atoms with E-state index in [1.807, 2.05) is 19.9 Å². The van der Waals surface area contributed by atoms with Crippen molar-refractivity contribution in [3.63, 3.8) is 0 Å². The van der Waals surface area contributed by atoms with Crippen molar-refractivity contribution >= 4 is 17.3 Å². The third-order valence-corrected chi connectivity index (χ3v) is 2.88. The van der Waals surface area contributed by atoms with Crippen molar-refractivity contribution in [3.05, 3.63) is 23.0 Å². The van der Waals surface area contributed by atoms with Gasteiger partial charge in [-0.25, -0.2) is 4.98 Å². The topological polar surface area (TPSA) is 34.1 Å². The Bertz CT molecular complexity index is 330. The average Bonchev–Trinajstić information content (AvgIpc) is 2.22. The van der Waals surface area contributed by atoms with Crippen molar-refractivity contribution in [1.29, 1.82) is 0 Å². The predicted octanol–water partition coefficient (Wildman–Crippen LogP) is 2.88. The molecule has 1 rings (SSSR count). The molecule has 84 valence electrons. The zero-order valence-corrected chi connectivity index (χ0v) is 10.3. The standard InChI is InChI=1S/C11H17ClN2O/c1-7-5-10(6-13-11(7)12)14-8(2)9(3)15-4/h5-6,8-9,14H,1-4H3. The molecule has 0 radical (unpaired) electrons. The van der Waals surface area contributed by atoms with Crippen LogP contribution in [0.1, 0.15) is 19.4 Å². The van der Waals surface area contributed by atoms with Crippen LogP contribution in [0.25, 0.3) is 0 Å². The number of aromatic nitrogens is 1. The summed E-state index contributed by atoms with van der Waals surface area (Å²) in [5, 5.41) is 3.86. The van der Waals surface area contributed by atoms with E-state index in [0.29, 0.717) is 5.15 Å². The van der Waals surface area contributed by atoms with Crippen molar-refractivity contribution in [2.45, 2.75) is 32.9 Å². The molecule has 0 bridgehead atoms. The summed E-state index contributed by atoms with van der Waals surface area (Å²) in [6.07, 6.45) is 1.88. The number of aryl methyl sites for hydroxylation is 1. The van der Waals surface area contributed by atoms with E-state index < -0.39 is 0 Å². The van der Waals surface area contributed by atoms with Crippen LogP contribution in [0.5, 0.6) is 0 Å². The molecule has 0 fully saturated rings. The van der Waals surface area contributed by atoms with E-state index in [-0.39, 0.29) is 12.1 Å². The highest BCUT2D eigenvalue weighted by molar-refractivity contribution is 6.30. The van der Waals surface area contributed by atoms with Gasteiger partial charge in [-0.15, -0.1) is 0 Å². The molecule has 0 saturated heterocycles. The van der Waals surface area contributed by atoms with Gasteiger partial charge in [-0.1, -0.05) is 11.6 Å². The van der Waals surface area contributed by atoms with Crippen LogP contribution in [0.15, 0.2) is 12.3 Å². The summed E-state index contributed by atoms with van der Waals surface area (Å²) >= 11 is 5.84. The molecular weight excluding hydrogens is 212 g/mol. The molecule has 0 spiro atoms. The highest BCUT2D eigenvalue weighted by atomic mass is 35.5. The smallest absolute Gasteiger partial charge is 0.132 e. The molecule has 0 aliphatic carbocycles. The third kappa shape index (κ3) is 3.36. The summed E-state index contributed by atoms with van der Waals surface area (Å²) in [5.74, 6) is 0. The SMILES string of the molecule is COC(C)C(C)Nc1cnc(Cl)c(C)c1. The first-order valence-electron chi connectivity index (χ1n) is 4.96. The van der Waals surface area contributed by atoms with Crippen LogP contribution in [0, 0.1) is 6.92 Å². The summed E-state index contributed by atoms with van der Waals surface area (Å²) in [6, 6.07) is 2.21. The molecule has 4 heteroatoms. The molecule has 1 aromatic rings. The highest BCUT2D eigenvalue weighted by Crippen LogP contribution is 2.17. The summed E-state index contributed by atoms with van der Waals surface area (Å²) in [7, 11) is 1.70. The van der Waals surface area contributed by atoms with Gasteiger partial charge in [-0.2, -0.15) is 0 Å². The van der Waals surface area contributed by atoms with Gasteiger partial charge in [0.25, 0.3) is 0 Å². The van der Waals surface area contributed by atoms with Crippen molar-refractivity contribution in [2.24, 2.45) is 0 Å². The van der Waals surface area contributed by atoms with E-state index in [1.165, 1.54) is 0 Å². The zero-order chi connectivity index (χ0) is 11.4. The number of hydrogen-bond acceptors (Lipinski definition) is 3. The summed E-state index contributed by atoms with van der Waals surface area (Å²) in [4.78, 5) is 4.08. The lowest BCUT2D eigenvalue weighted by Crippen LogP contribution is -2.29. The van der Waals surface area contributed by atoms with Gasteiger partial charge in [0.1, 0.15) is 5.15 Å². The van der Waals surface area contributed by atoms with Crippen molar-refractivity contribution < 1.29 is 4.74 Å². The number of pyridine rings is 1. The molecule has 15 heavy (non-hydrogen) atoms. The van der Waals surface area contributed by atoms with E-state index in [4.69, 9.17) is 16.3 Å². The maximum atomic E-state index is 5.84. The van der Waals surface area contributed by atoms with Crippen molar-refractivity contribution in [3.8, 4) is 0 Å². The van der Waals surface area contributed by atoms with Crippen LogP contribution in [0.3, 0.4) is 0 Å². The van der Waals surface area contributed by atoms with E-state index in [0.717, 1.165) is 11.3 Å². The molecule has 0 amide bonds. The van der Waals surface area contributed by atoms with Gasteiger partial charge in [0, 0.05) is 13.2 Å². The number of nitrogens with one attached hydrogen (secondary N) is 1. The van der Waals surface area contributed by atoms with Gasteiger partial charge in [0.15, 0.2) is 0 Å². The molecule has 0 saturated carbocycles. The van der Waals surface area contributed by atoms with Gasteiger partial charge >= 0.3 is 0 Å². The van der Waals surface area contributed by atoms with Crippen LogP contribution in [-0.2, 0) is 4.74 Å². The Morgan fingerprint density at radius 1 is 1.47 bits per heavy atom. The molecular formula is C11H17ClN2O. The van der Waals surface area contributed by atoms with E-state index in [9.17, 15) is 0 Å².